The molecule has 0 spiro atoms. The summed E-state index contributed by atoms with van der Waals surface area (Å²) in [4.78, 5) is 61.8. The van der Waals surface area contributed by atoms with Gasteiger partial charge < -0.3 is 30.3 Å². The van der Waals surface area contributed by atoms with Crippen molar-refractivity contribution in [1.82, 2.24) is 24.8 Å². The van der Waals surface area contributed by atoms with Gasteiger partial charge in [-0.25, -0.2) is 9.78 Å². The zero-order valence-corrected chi connectivity index (χ0v) is 24.9. The first-order valence-corrected chi connectivity index (χ1v) is 15.1. The molecule has 0 saturated carbocycles. The number of nitrogens with two attached hydrogens (primary N) is 1. The molecule has 0 radical (unpaired) electrons. The van der Waals surface area contributed by atoms with Crippen LogP contribution in [-0.2, 0) is 33.5 Å². The minimum Gasteiger partial charge on any atom is -0.427 e. The van der Waals surface area contributed by atoms with Crippen LogP contribution in [0.1, 0.15) is 26.5 Å². The molecule has 4 heterocycles. The lowest BCUT2D eigenvalue weighted by Crippen LogP contribution is -2.74. The van der Waals surface area contributed by atoms with Crippen LogP contribution in [-0.4, -0.2) is 86.0 Å². The maximum Gasteiger partial charge on any atom is 0.336 e. The van der Waals surface area contributed by atoms with Crippen LogP contribution < -0.4 is 11.1 Å². The summed E-state index contributed by atoms with van der Waals surface area (Å²) in [7, 11) is 1.28. The lowest BCUT2D eigenvalue weighted by molar-refractivity contribution is -0.179. The van der Waals surface area contributed by atoms with Crippen molar-refractivity contribution < 1.29 is 33.5 Å². The Bertz CT molecular complexity index is 1340. The van der Waals surface area contributed by atoms with E-state index in [1.54, 1.807) is 37.8 Å². The van der Waals surface area contributed by atoms with Gasteiger partial charge in [0.2, 0.25) is 12.7 Å². The standard InChI is InChI=1S/C22H25N7O7S4/c1-22(2,3)20(33)36-9-35-19(32)15-10(6-37-12-5-24-28-40-12)7-38-18-14(17(31)29(15)18)26-16(30)13(27-34-4)11-8-39-21(23)25-11/h5,7-8,14-15,18H,6,9H2,1-4H3,(H2,23,25)(H,26,30)/b27-13-/t14-,15?,18-/m1/s1. The second-order valence-corrected chi connectivity index (χ2v) is 13.2. The molecule has 0 aromatic carbocycles. The molecule has 2 aliphatic rings. The van der Waals surface area contributed by atoms with E-state index in [2.05, 4.69) is 25.0 Å². The average Bonchev–Trinajstić information content (AvgIpc) is 3.59. The number of amides is 2. The summed E-state index contributed by atoms with van der Waals surface area (Å²) in [5.74, 6) is -2.15. The molecule has 0 aliphatic carbocycles. The smallest absolute Gasteiger partial charge is 0.336 e. The van der Waals surface area contributed by atoms with Gasteiger partial charge in [0.05, 0.1) is 11.6 Å². The highest BCUT2D eigenvalue weighted by Crippen LogP contribution is 2.42. The normalized spacial score (nSPS) is 20.6. The molecule has 1 fully saturated rings. The Kier molecular flexibility index (Phi) is 9.32. The van der Waals surface area contributed by atoms with E-state index in [4.69, 9.17) is 20.0 Å². The van der Waals surface area contributed by atoms with Crippen molar-refractivity contribution in [1.29, 1.82) is 0 Å². The van der Waals surface area contributed by atoms with Gasteiger partial charge in [-0.15, -0.1) is 40.0 Å². The molecule has 18 heteroatoms. The van der Waals surface area contributed by atoms with Gasteiger partial charge in [-0.3, -0.25) is 14.4 Å². The Balaban J connectivity index is 1.49. The third-order valence-electron chi connectivity index (χ3n) is 5.47. The predicted molar refractivity (Wildman–Crippen MR) is 149 cm³/mol. The number of esters is 2. The van der Waals surface area contributed by atoms with Crippen LogP contribution >= 0.6 is 46.4 Å². The molecule has 4 rings (SSSR count). The molecule has 2 amide bonds. The molecule has 14 nitrogen and oxygen atoms in total. The number of nitrogens with one attached hydrogen (secondary N) is 1. The number of rotatable bonds is 10. The Labute approximate surface area is 245 Å². The molecule has 40 heavy (non-hydrogen) atoms. The van der Waals surface area contributed by atoms with Crippen LogP contribution in [0.4, 0.5) is 5.13 Å². The van der Waals surface area contributed by atoms with Crippen molar-refractivity contribution >= 4 is 81.0 Å². The number of aromatic nitrogens is 3. The summed E-state index contributed by atoms with van der Waals surface area (Å²) in [6, 6.07) is -2.04. The number of carbonyl (C=O) groups is 4. The van der Waals surface area contributed by atoms with Gasteiger partial charge in [-0.05, 0) is 43.3 Å². The van der Waals surface area contributed by atoms with E-state index in [-0.39, 0.29) is 16.5 Å². The number of oxime groups is 1. The molecule has 1 unspecified atom stereocenters. The quantitative estimate of drug-likeness (QED) is 0.0963. The van der Waals surface area contributed by atoms with Crippen LogP contribution in [0.3, 0.4) is 0 Å². The fraction of sp³-hybridized carbons (Fsp3) is 0.455. The largest absolute Gasteiger partial charge is 0.427 e. The minimum atomic E-state index is -1.08. The first kappa shape index (κ1) is 29.8. The van der Waals surface area contributed by atoms with Gasteiger partial charge >= 0.3 is 11.9 Å². The number of ether oxygens (including phenoxy) is 2. The SMILES string of the molecule is CO/N=C(\C(=O)N[C@@H]1C(=O)N2C(C(=O)OCOC(=O)C(C)(C)C)C(CSc3cnns3)=CS[C@H]12)c1csc(N)n1. The number of carbonyl (C=O) groups excluding carboxylic acids is 4. The van der Waals surface area contributed by atoms with E-state index in [0.29, 0.717) is 11.3 Å². The Morgan fingerprint density at radius 1 is 1.27 bits per heavy atom. The molecule has 0 bridgehead atoms. The average molecular weight is 628 g/mol. The third kappa shape index (κ3) is 6.56. The predicted octanol–water partition coefficient (Wildman–Crippen LogP) is 1.46. The summed E-state index contributed by atoms with van der Waals surface area (Å²) in [6.07, 6.45) is 1.60. The van der Waals surface area contributed by atoms with Gasteiger partial charge in [0.1, 0.15) is 28.4 Å². The molecule has 214 valence electrons. The number of fused-ring (bicyclic) bond motifs is 1. The number of thioether (sulfide) groups is 2. The Morgan fingerprint density at radius 3 is 2.67 bits per heavy atom. The van der Waals surface area contributed by atoms with E-state index >= 15 is 0 Å². The third-order valence-corrected chi connectivity index (χ3v) is 9.26. The Morgan fingerprint density at radius 2 is 2.05 bits per heavy atom. The Hall–Kier alpha value is -3.22. The molecule has 3 atom stereocenters. The highest BCUT2D eigenvalue weighted by atomic mass is 32.2. The molecular weight excluding hydrogens is 603 g/mol. The van der Waals surface area contributed by atoms with E-state index in [0.717, 1.165) is 15.5 Å². The van der Waals surface area contributed by atoms with Crippen molar-refractivity contribution in [2.45, 2.75) is 42.4 Å². The first-order chi connectivity index (χ1) is 19.0. The summed E-state index contributed by atoms with van der Waals surface area (Å²) in [5.41, 5.74) is 5.55. The molecule has 2 aromatic rings. The summed E-state index contributed by atoms with van der Waals surface area (Å²) < 4.78 is 15.0. The molecular formula is C22H25N7O7S4. The molecule has 2 aliphatic heterocycles. The maximum atomic E-state index is 13.3. The van der Waals surface area contributed by atoms with E-state index < -0.39 is 53.4 Å². The topological polar surface area (TPSA) is 188 Å². The van der Waals surface area contributed by atoms with E-state index in [9.17, 15) is 19.2 Å². The summed E-state index contributed by atoms with van der Waals surface area (Å²) >= 11 is 5.00. The van der Waals surface area contributed by atoms with Gasteiger partial charge in [0.15, 0.2) is 16.9 Å². The van der Waals surface area contributed by atoms with E-state index in [1.807, 2.05) is 0 Å². The van der Waals surface area contributed by atoms with Crippen molar-refractivity contribution in [2.75, 3.05) is 25.4 Å². The zero-order valence-electron chi connectivity index (χ0n) is 21.7. The van der Waals surface area contributed by atoms with Gasteiger partial charge in [0, 0.05) is 11.1 Å². The highest BCUT2D eigenvalue weighted by molar-refractivity contribution is 8.03. The second kappa shape index (κ2) is 12.5. The number of hydrogen-bond donors (Lipinski definition) is 2. The molecule has 2 aromatic heterocycles. The van der Waals surface area contributed by atoms with Crippen LogP contribution in [0, 0.1) is 5.41 Å². The van der Waals surface area contributed by atoms with E-state index in [1.165, 1.54) is 47.1 Å². The number of nitrogens with zero attached hydrogens (tertiary/aromatic N) is 5. The van der Waals surface area contributed by atoms with Crippen molar-refractivity contribution in [3.05, 3.63) is 28.3 Å². The monoisotopic (exact) mass is 627 g/mol. The fourth-order valence-electron chi connectivity index (χ4n) is 3.53. The van der Waals surface area contributed by atoms with Crippen LogP contribution in [0.25, 0.3) is 0 Å². The summed E-state index contributed by atoms with van der Waals surface area (Å²) in [6.45, 7) is 4.42. The fourth-order valence-corrected chi connectivity index (χ4v) is 6.84. The number of thiazole rings is 1. The number of hydrogen-bond acceptors (Lipinski definition) is 16. The van der Waals surface area contributed by atoms with Crippen LogP contribution in [0.15, 0.2) is 31.9 Å². The van der Waals surface area contributed by atoms with Crippen LogP contribution in [0.2, 0.25) is 0 Å². The van der Waals surface area contributed by atoms with Crippen molar-refractivity contribution in [3.63, 3.8) is 0 Å². The molecule has 3 N–H and O–H groups in total. The van der Waals surface area contributed by atoms with Crippen molar-refractivity contribution in [3.8, 4) is 0 Å². The lowest BCUT2D eigenvalue weighted by Gasteiger charge is -2.51. The van der Waals surface area contributed by atoms with Gasteiger partial charge in [-0.1, -0.05) is 9.64 Å². The van der Waals surface area contributed by atoms with Gasteiger partial charge in [0.25, 0.3) is 5.91 Å². The number of nitrogen functional groups attached to an aromatic ring is 1. The lowest BCUT2D eigenvalue weighted by atomic mass is 9.97. The first-order valence-electron chi connectivity index (χ1n) is 11.5. The maximum absolute atomic E-state index is 13.3. The highest BCUT2D eigenvalue weighted by Gasteiger charge is 2.56. The number of β-lactam (4-membered cyclic amide) rings is 1. The van der Waals surface area contributed by atoms with Crippen molar-refractivity contribution in [2.24, 2.45) is 10.6 Å². The summed E-state index contributed by atoms with van der Waals surface area (Å²) in [5, 5.41) is 13.1. The van der Waals surface area contributed by atoms with Gasteiger partial charge in [-0.2, -0.15) is 0 Å². The van der Waals surface area contributed by atoms with Crippen LogP contribution in [0.5, 0.6) is 0 Å². The molecule has 1 saturated heterocycles. The minimum absolute atomic E-state index is 0.148. The number of anilines is 1. The second-order valence-electron chi connectivity index (χ2n) is 9.30. The zero-order chi connectivity index (χ0) is 29.0.